The first-order valence-electron chi connectivity index (χ1n) is 43.9. The second kappa shape index (κ2) is 75.1. The van der Waals surface area contributed by atoms with Crippen LogP contribution in [0.5, 0.6) is 0 Å². The number of hydrogen-bond donors (Lipinski definition) is 3. The van der Waals surface area contributed by atoms with Gasteiger partial charge in [-0.25, -0.2) is 9.13 Å². The molecule has 17 nitrogen and oxygen atoms in total. The molecule has 0 bridgehead atoms. The summed E-state index contributed by atoms with van der Waals surface area (Å²) in [6, 6.07) is 0. The maximum atomic E-state index is 13.1. The van der Waals surface area contributed by atoms with Crippen LogP contribution in [0.1, 0.15) is 447 Å². The fourth-order valence-electron chi connectivity index (χ4n) is 13.2. The van der Waals surface area contributed by atoms with E-state index in [1.807, 2.05) is 0 Å². The van der Waals surface area contributed by atoms with E-state index in [1.165, 1.54) is 257 Å². The van der Waals surface area contributed by atoms with Gasteiger partial charge in [0.15, 0.2) is 12.2 Å². The van der Waals surface area contributed by atoms with Crippen molar-refractivity contribution in [2.24, 2.45) is 17.8 Å². The number of unbranched alkanes of at least 4 members (excludes halogenated alkanes) is 50. The zero-order valence-corrected chi connectivity index (χ0v) is 70.3. The first kappa shape index (κ1) is 102. The molecule has 0 aromatic heterocycles. The van der Waals surface area contributed by atoms with Gasteiger partial charge in [-0.15, -0.1) is 0 Å². The Kier molecular flexibility index (Phi) is 73.7. The van der Waals surface area contributed by atoms with Crippen molar-refractivity contribution >= 4 is 39.5 Å². The van der Waals surface area contributed by atoms with Crippen molar-refractivity contribution < 1.29 is 80.2 Å². The molecule has 0 heterocycles. The van der Waals surface area contributed by atoms with Crippen LogP contribution in [0.2, 0.25) is 0 Å². The zero-order valence-electron chi connectivity index (χ0n) is 68.5. The average Bonchev–Trinajstić information content (AvgIpc) is 0.919. The van der Waals surface area contributed by atoms with Gasteiger partial charge in [-0.1, -0.05) is 395 Å². The van der Waals surface area contributed by atoms with Gasteiger partial charge in [0.2, 0.25) is 0 Å². The standard InChI is InChI=1S/C85H166O17P2/c1-8-10-11-12-13-14-15-16-17-23-26-32-37-45-52-59-66-82(87)95-72-80(101-84(89)68-61-54-47-38-33-27-24-21-19-18-20-22-25-30-35-42-49-56-63-76(3)4)74-99-103(91,92)97-70-79(86)71-98-104(93,94)100-75-81(73-96-83(88)67-60-53-46-41-40-44-51-58-65-78(7)9-2)102-85(90)69-62-55-48-39-34-29-28-31-36-43-50-57-64-77(5)6/h76-81,86H,8-75H2,1-7H3,(H,91,92)(H,93,94)/t78?,79-,80-,81-/m1/s1. The summed E-state index contributed by atoms with van der Waals surface area (Å²) in [7, 11) is -9.93. The second-order valence-corrected chi connectivity index (χ2v) is 34.7. The Morgan fingerprint density at radius 3 is 0.731 bits per heavy atom. The highest BCUT2D eigenvalue weighted by molar-refractivity contribution is 7.47. The molecule has 0 rings (SSSR count). The lowest BCUT2D eigenvalue weighted by Gasteiger charge is -2.21. The first-order chi connectivity index (χ1) is 50.3. The van der Waals surface area contributed by atoms with Gasteiger partial charge in [0.1, 0.15) is 19.3 Å². The van der Waals surface area contributed by atoms with Gasteiger partial charge in [-0.3, -0.25) is 37.3 Å². The summed E-state index contributed by atoms with van der Waals surface area (Å²) < 4.78 is 68.9. The van der Waals surface area contributed by atoms with E-state index >= 15 is 0 Å². The van der Waals surface area contributed by atoms with Crippen molar-refractivity contribution in [3.05, 3.63) is 0 Å². The third-order valence-corrected chi connectivity index (χ3v) is 22.1. The minimum absolute atomic E-state index is 0.107. The van der Waals surface area contributed by atoms with Crippen LogP contribution < -0.4 is 0 Å². The SMILES string of the molecule is CCCCCCCCCCCCCCCCCCC(=O)OC[C@H](COP(=O)(O)OC[C@@H](O)COP(=O)(O)OC[C@@H](COC(=O)CCCCCCCCCCC(C)CC)OC(=O)CCCCCCCCCCCCCCC(C)C)OC(=O)CCCCCCCCCCCCCCCCCCCCC(C)C. The average molecular weight is 1520 g/mol. The summed E-state index contributed by atoms with van der Waals surface area (Å²) in [5.74, 6) is 0.269. The monoisotopic (exact) mass is 1520 g/mol. The van der Waals surface area contributed by atoms with Crippen molar-refractivity contribution in [1.82, 2.24) is 0 Å². The minimum Gasteiger partial charge on any atom is -0.462 e. The van der Waals surface area contributed by atoms with Crippen molar-refractivity contribution in [1.29, 1.82) is 0 Å². The molecule has 0 radical (unpaired) electrons. The number of aliphatic hydroxyl groups excluding tert-OH is 1. The lowest BCUT2D eigenvalue weighted by molar-refractivity contribution is -0.161. The molecule has 0 aliphatic rings. The molecule has 104 heavy (non-hydrogen) atoms. The van der Waals surface area contributed by atoms with Crippen LogP contribution in [-0.2, 0) is 65.4 Å². The molecule has 618 valence electrons. The lowest BCUT2D eigenvalue weighted by atomic mass is 9.99. The van der Waals surface area contributed by atoms with Crippen molar-refractivity contribution in [2.75, 3.05) is 39.6 Å². The Morgan fingerprint density at radius 1 is 0.279 bits per heavy atom. The number of aliphatic hydroxyl groups is 1. The van der Waals surface area contributed by atoms with Crippen LogP contribution in [-0.4, -0.2) is 96.7 Å². The van der Waals surface area contributed by atoms with Gasteiger partial charge in [-0.2, -0.15) is 0 Å². The summed E-state index contributed by atoms with van der Waals surface area (Å²) in [6.07, 6.45) is 65.1. The molecule has 0 aliphatic heterocycles. The Hall–Kier alpha value is -1.94. The van der Waals surface area contributed by atoms with Gasteiger partial charge < -0.3 is 33.8 Å². The fraction of sp³-hybridized carbons (Fsp3) is 0.953. The molecule has 0 aliphatic carbocycles. The van der Waals surface area contributed by atoms with Gasteiger partial charge in [0.05, 0.1) is 26.4 Å². The summed E-state index contributed by atoms with van der Waals surface area (Å²) in [4.78, 5) is 73.2. The van der Waals surface area contributed by atoms with E-state index in [-0.39, 0.29) is 25.7 Å². The van der Waals surface area contributed by atoms with Crippen LogP contribution in [0.15, 0.2) is 0 Å². The maximum Gasteiger partial charge on any atom is 0.472 e. The zero-order chi connectivity index (χ0) is 76.5. The highest BCUT2D eigenvalue weighted by Crippen LogP contribution is 2.45. The van der Waals surface area contributed by atoms with Crippen molar-refractivity contribution in [3.8, 4) is 0 Å². The molecule has 3 N–H and O–H groups in total. The van der Waals surface area contributed by atoms with Crippen LogP contribution in [0.4, 0.5) is 0 Å². The summed E-state index contributed by atoms with van der Waals surface area (Å²) in [5.41, 5.74) is 0. The van der Waals surface area contributed by atoms with Crippen LogP contribution in [0, 0.1) is 17.8 Å². The second-order valence-electron chi connectivity index (χ2n) is 31.8. The van der Waals surface area contributed by atoms with Gasteiger partial charge in [0, 0.05) is 25.7 Å². The molecule has 19 heteroatoms. The topological polar surface area (TPSA) is 237 Å². The third kappa shape index (κ3) is 76.8. The summed E-state index contributed by atoms with van der Waals surface area (Å²) >= 11 is 0. The highest BCUT2D eigenvalue weighted by atomic mass is 31.2. The van der Waals surface area contributed by atoms with Gasteiger partial charge >= 0.3 is 39.5 Å². The highest BCUT2D eigenvalue weighted by Gasteiger charge is 2.30. The normalized spacial score (nSPS) is 14.2. The van der Waals surface area contributed by atoms with E-state index in [4.69, 9.17) is 37.0 Å². The van der Waals surface area contributed by atoms with E-state index in [1.54, 1.807) is 0 Å². The first-order valence-corrected chi connectivity index (χ1v) is 46.9. The number of esters is 4. The smallest absolute Gasteiger partial charge is 0.462 e. The predicted octanol–water partition coefficient (Wildman–Crippen LogP) is 25.7. The van der Waals surface area contributed by atoms with Crippen LogP contribution in [0.3, 0.4) is 0 Å². The van der Waals surface area contributed by atoms with E-state index in [9.17, 15) is 43.2 Å². The van der Waals surface area contributed by atoms with E-state index in [0.717, 1.165) is 108 Å². The van der Waals surface area contributed by atoms with E-state index < -0.39 is 97.5 Å². The molecule has 0 aromatic rings. The number of ether oxygens (including phenoxy) is 4. The van der Waals surface area contributed by atoms with Crippen molar-refractivity contribution in [3.63, 3.8) is 0 Å². The minimum atomic E-state index is -4.97. The molecule has 0 saturated heterocycles. The third-order valence-electron chi connectivity index (χ3n) is 20.2. The molecular formula is C85H166O17P2. The molecule has 0 amide bonds. The molecule has 0 aromatic carbocycles. The number of phosphoric acid groups is 2. The Labute approximate surface area is 638 Å². The molecular weight excluding hydrogens is 1350 g/mol. The predicted molar refractivity (Wildman–Crippen MR) is 428 cm³/mol. The fourth-order valence-corrected chi connectivity index (χ4v) is 14.7. The number of rotatable bonds is 83. The summed E-state index contributed by atoms with van der Waals surface area (Å²) in [6.45, 7) is 12.0. The molecule has 0 saturated carbocycles. The molecule has 3 unspecified atom stereocenters. The molecule has 6 atom stereocenters. The Morgan fingerprint density at radius 2 is 0.490 bits per heavy atom. The van der Waals surface area contributed by atoms with Crippen LogP contribution >= 0.6 is 15.6 Å². The van der Waals surface area contributed by atoms with Gasteiger partial charge in [-0.05, 0) is 43.4 Å². The number of hydrogen-bond acceptors (Lipinski definition) is 15. The van der Waals surface area contributed by atoms with E-state index in [2.05, 4.69) is 48.5 Å². The lowest BCUT2D eigenvalue weighted by Crippen LogP contribution is -2.30. The summed E-state index contributed by atoms with van der Waals surface area (Å²) in [5, 5.41) is 10.7. The largest absolute Gasteiger partial charge is 0.472 e. The maximum absolute atomic E-state index is 13.1. The van der Waals surface area contributed by atoms with Crippen LogP contribution in [0.25, 0.3) is 0 Å². The Balaban J connectivity index is 5.25. The number of carbonyl (C=O) groups excluding carboxylic acids is 4. The molecule has 0 spiro atoms. The van der Waals surface area contributed by atoms with Crippen molar-refractivity contribution in [2.45, 2.75) is 465 Å². The van der Waals surface area contributed by atoms with Gasteiger partial charge in [0.25, 0.3) is 0 Å². The Bertz CT molecular complexity index is 2010. The van der Waals surface area contributed by atoms with E-state index in [0.29, 0.717) is 25.7 Å². The number of carbonyl (C=O) groups is 4. The number of phosphoric ester groups is 2. The molecule has 0 fully saturated rings. The quantitative estimate of drug-likeness (QED) is 0.0222.